The Bertz CT molecular complexity index is 704. The predicted octanol–water partition coefficient (Wildman–Crippen LogP) is 3.16. The fourth-order valence-electron chi connectivity index (χ4n) is 2.82. The largest absolute Gasteiger partial charge is 0.492 e. The zero-order chi connectivity index (χ0) is 16.2. The van der Waals surface area contributed by atoms with Crippen molar-refractivity contribution in [2.24, 2.45) is 0 Å². The van der Waals surface area contributed by atoms with E-state index in [0.717, 1.165) is 47.6 Å². The zero-order valence-electron chi connectivity index (χ0n) is 13.6. The van der Waals surface area contributed by atoms with Gasteiger partial charge < -0.3 is 9.64 Å². The molecule has 0 unspecified atom stereocenters. The molecule has 1 fully saturated rings. The Balaban J connectivity index is 1.62. The fourth-order valence-corrected chi connectivity index (χ4v) is 3.87. The molecule has 0 amide bonds. The van der Waals surface area contributed by atoms with Crippen LogP contribution in [0.25, 0.3) is 0 Å². The highest BCUT2D eigenvalue weighted by molar-refractivity contribution is 7.73. The Labute approximate surface area is 146 Å². The Morgan fingerprint density at radius 2 is 1.96 bits per heavy atom. The van der Waals surface area contributed by atoms with Gasteiger partial charge in [-0.2, -0.15) is 5.10 Å². The minimum Gasteiger partial charge on any atom is -0.492 e. The summed E-state index contributed by atoms with van der Waals surface area (Å²) >= 11 is 6.93. The van der Waals surface area contributed by atoms with Gasteiger partial charge in [0.05, 0.1) is 19.0 Å². The second-order valence-corrected chi connectivity index (χ2v) is 7.36. The lowest BCUT2D eigenvalue weighted by Gasteiger charge is -2.36. The third kappa shape index (κ3) is 3.91. The van der Waals surface area contributed by atoms with Gasteiger partial charge in [-0.05, 0) is 38.2 Å². The van der Waals surface area contributed by atoms with Crippen LogP contribution in [-0.2, 0) is 6.67 Å². The summed E-state index contributed by atoms with van der Waals surface area (Å²) in [5.74, 6) is 0.973. The van der Waals surface area contributed by atoms with E-state index in [1.165, 1.54) is 5.69 Å². The topological polar surface area (TPSA) is 33.5 Å². The van der Waals surface area contributed by atoms with E-state index in [1.807, 2.05) is 30.7 Å². The number of aryl methyl sites for hydroxylation is 1. The lowest BCUT2D eigenvalue weighted by atomic mass is 10.2. The summed E-state index contributed by atoms with van der Waals surface area (Å²) in [6.45, 7) is 9.47. The first-order valence-electron chi connectivity index (χ1n) is 7.91. The molecule has 1 aromatic carbocycles. The van der Waals surface area contributed by atoms with Crippen molar-refractivity contribution < 1.29 is 4.74 Å². The number of hydrogen-bond donors (Lipinski definition) is 0. The van der Waals surface area contributed by atoms with Crippen LogP contribution < -0.4 is 9.64 Å². The third-order valence-corrected chi connectivity index (χ3v) is 5.14. The molecule has 1 saturated heterocycles. The highest BCUT2D eigenvalue weighted by Crippen LogP contribution is 2.28. The Morgan fingerprint density at radius 1 is 1.22 bits per heavy atom. The molecule has 0 bridgehead atoms. The fraction of sp³-hybridized carbons (Fsp3) is 0.500. The van der Waals surface area contributed by atoms with E-state index in [9.17, 15) is 0 Å². The molecule has 1 aromatic heterocycles. The van der Waals surface area contributed by atoms with Gasteiger partial charge in [0, 0.05) is 26.2 Å². The second kappa shape index (κ2) is 7.42. The van der Waals surface area contributed by atoms with Gasteiger partial charge in [0.15, 0.2) is 3.95 Å². The second-order valence-electron chi connectivity index (χ2n) is 5.53. The summed E-state index contributed by atoms with van der Waals surface area (Å²) in [7, 11) is 0. The third-order valence-electron chi connectivity index (χ3n) is 3.92. The molecule has 1 aliphatic rings. The minimum absolute atomic E-state index is 0.693. The van der Waals surface area contributed by atoms with Crippen molar-refractivity contribution >= 4 is 29.2 Å². The Morgan fingerprint density at radius 3 is 2.61 bits per heavy atom. The maximum absolute atomic E-state index is 5.75. The molecule has 124 valence electrons. The number of rotatable bonds is 5. The zero-order valence-corrected chi connectivity index (χ0v) is 15.2. The summed E-state index contributed by atoms with van der Waals surface area (Å²) in [6, 6.07) is 8.28. The van der Waals surface area contributed by atoms with E-state index in [1.54, 1.807) is 11.3 Å². The van der Waals surface area contributed by atoms with Crippen molar-refractivity contribution in [3.63, 3.8) is 0 Å². The molecule has 5 nitrogen and oxygen atoms in total. The Kier molecular flexibility index (Phi) is 5.30. The van der Waals surface area contributed by atoms with E-state index < -0.39 is 0 Å². The molecule has 0 N–H and O–H groups in total. The lowest BCUT2D eigenvalue weighted by Crippen LogP contribution is -2.47. The van der Waals surface area contributed by atoms with Crippen molar-refractivity contribution in [3.05, 3.63) is 33.2 Å². The summed E-state index contributed by atoms with van der Waals surface area (Å²) in [5.41, 5.74) is 1.19. The van der Waals surface area contributed by atoms with E-state index >= 15 is 0 Å². The van der Waals surface area contributed by atoms with Crippen molar-refractivity contribution in [1.82, 2.24) is 14.7 Å². The number of nitrogens with zero attached hydrogens (tertiary/aromatic N) is 4. The molecule has 0 saturated carbocycles. The van der Waals surface area contributed by atoms with Gasteiger partial charge in [0.1, 0.15) is 10.8 Å². The average Bonchev–Trinajstić information content (AvgIpc) is 2.87. The van der Waals surface area contributed by atoms with Gasteiger partial charge >= 0.3 is 0 Å². The molecule has 0 radical (unpaired) electrons. The Hall–Kier alpha value is -1.44. The van der Waals surface area contributed by atoms with E-state index in [-0.39, 0.29) is 0 Å². The number of hydrogen-bond acceptors (Lipinski definition) is 6. The number of para-hydroxylation sites is 2. The molecule has 0 atom stereocenters. The number of benzene rings is 1. The van der Waals surface area contributed by atoms with Crippen LogP contribution >= 0.6 is 23.6 Å². The van der Waals surface area contributed by atoms with E-state index in [0.29, 0.717) is 6.61 Å². The number of aromatic nitrogens is 2. The monoisotopic (exact) mass is 350 g/mol. The smallest absolute Gasteiger partial charge is 0.180 e. The van der Waals surface area contributed by atoms with Crippen LogP contribution in [0.4, 0.5) is 5.69 Å². The number of anilines is 1. The van der Waals surface area contributed by atoms with Crippen molar-refractivity contribution in [3.8, 4) is 5.75 Å². The SMILES string of the molecule is CCOc1ccccc1N1CCN(Cn2nc(C)sc2=S)CC1. The van der Waals surface area contributed by atoms with Crippen LogP contribution in [0.2, 0.25) is 0 Å². The van der Waals surface area contributed by atoms with Gasteiger partial charge in [-0.25, -0.2) is 4.68 Å². The molecule has 0 aliphatic carbocycles. The van der Waals surface area contributed by atoms with Gasteiger partial charge in [-0.15, -0.1) is 0 Å². The van der Waals surface area contributed by atoms with Crippen LogP contribution in [0.5, 0.6) is 5.75 Å². The van der Waals surface area contributed by atoms with Gasteiger partial charge in [0.25, 0.3) is 0 Å². The molecule has 2 heterocycles. The highest BCUT2D eigenvalue weighted by atomic mass is 32.1. The van der Waals surface area contributed by atoms with Crippen molar-refractivity contribution in [2.75, 3.05) is 37.7 Å². The molecular formula is C16H22N4OS2. The quantitative estimate of drug-likeness (QED) is 0.774. The van der Waals surface area contributed by atoms with Crippen LogP contribution in [0.3, 0.4) is 0 Å². The maximum Gasteiger partial charge on any atom is 0.180 e. The summed E-state index contributed by atoms with van der Waals surface area (Å²) in [6.07, 6.45) is 0. The van der Waals surface area contributed by atoms with Gasteiger partial charge in [-0.1, -0.05) is 23.5 Å². The molecule has 0 spiro atoms. The molecule has 7 heteroatoms. The van der Waals surface area contributed by atoms with Crippen molar-refractivity contribution in [2.45, 2.75) is 20.5 Å². The highest BCUT2D eigenvalue weighted by Gasteiger charge is 2.20. The normalized spacial score (nSPS) is 15.8. The number of piperazine rings is 1. The molecule has 2 aromatic rings. The molecule has 3 rings (SSSR count). The molecule has 1 aliphatic heterocycles. The van der Waals surface area contributed by atoms with Crippen LogP contribution in [0.15, 0.2) is 24.3 Å². The first kappa shape index (κ1) is 16.4. The predicted molar refractivity (Wildman–Crippen MR) is 97.1 cm³/mol. The van der Waals surface area contributed by atoms with Crippen LogP contribution in [0.1, 0.15) is 11.9 Å². The average molecular weight is 351 g/mol. The van der Waals surface area contributed by atoms with Crippen LogP contribution in [-0.4, -0.2) is 47.5 Å². The standard InChI is InChI=1S/C16H22N4OS2/c1-3-21-15-7-5-4-6-14(15)19-10-8-18(9-11-19)12-20-16(22)23-13(2)17-20/h4-7H,3,8-12H2,1-2H3. The number of ether oxygens (including phenoxy) is 1. The summed E-state index contributed by atoms with van der Waals surface area (Å²) in [5, 5.41) is 5.50. The lowest BCUT2D eigenvalue weighted by molar-refractivity contribution is 0.194. The summed E-state index contributed by atoms with van der Waals surface area (Å²) in [4.78, 5) is 4.79. The first-order valence-corrected chi connectivity index (χ1v) is 9.13. The van der Waals surface area contributed by atoms with Crippen LogP contribution in [0, 0.1) is 10.9 Å². The van der Waals surface area contributed by atoms with Gasteiger partial charge in [0.2, 0.25) is 0 Å². The first-order chi connectivity index (χ1) is 11.2. The molecule has 23 heavy (non-hydrogen) atoms. The van der Waals surface area contributed by atoms with E-state index in [2.05, 4.69) is 27.0 Å². The summed E-state index contributed by atoms with van der Waals surface area (Å²) < 4.78 is 8.53. The molecular weight excluding hydrogens is 328 g/mol. The van der Waals surface area contributed by atoms with E-state index in [4.69, 9.17) is 17.0 Å². The minimum atomic E-state index is 0.693. The van der Waals surface area contributed by atoms with Gasteiger partial charge in [-0.3, -0.25) is 4.90 Å². The maximum atomic E-state index is 5.75. The van der Waals surface area contributed by atoms with Crippen molar-refractivity contribution in [1.29, 1.82) is 0 Å².